The van der Waals surface area contributed by atoms with Crippen LogP contribution < -0.4 is 23.7 Å². The first kappa shape index (κ1) is 22.0. The van der Waals surface area contributed by atoms with Gasteiger partial charge in [-0.05, 0) is 42.0 Å². The van der Waals surface area contributed by atoms with Crippen molar-refractivity contribution in [1.82, 2.24) is 4.98 Å². The second-order valence-corrected chi connectivity index (χ2v) is 7.03. The van der Waals surface area contributed by atoms with Gasteiger partial charge in [0.2, 0.25) is 11.6 Å². The molecule has 4 rings (SSSR count). The Kier molecular flexibility index (Phi) is 6.31. The smallest absolute Gasteiger partial charge is 0.343 e. The number of pyridine rings is 1. The molecular weight excluding hydrogens is 422 g/mol. The highest BCUT2D eigenvalue weighted by Gasteiger charge is 2.20. The standard InChI is InChI=1S/C26H23NO6/c1-29-21-13-17(14-22(30-2)24(21)31-3)19-15-27-25(32-4)18-11-8-12-20(23(18)19)33-26(28)16-9-6-5-7-10-16/h5-15H,1-4H3. The van der Waals surface area contributed by atoms with Gasteiger partial charge < -0.3 is 23.7 Å². The molecule has 0 aliphatic rings. The summed E-state index contributed by atoms with van der Waals surface area (Å²) in [5.74, 6) is 1.80. The lowest BCUT2D eigenvalue weighted by Crippen LogP contribution is -2.09. The third-order valence-corrected chi connectivity index (χ3v) is 5.22. The third kappa shape index (κ3) is 4.13. The molecule has 0 aliphatic heterocycles. The molecule has 1 heterocycles. The molecule has 7 heteroatoms. The van der Waals surface area contributed by atoms with Crippen molar-refractivity contribution in [2.75, 3.05) is 28.4 Å². The van der Waals surface area contributed by atoms with E-state index in [2.05, 4.69) is 4.98 Å². The van der Waals surface area contributed by atoms with Gasteiger partial charge in [0.15, 0.2) is 11.5 Å². The summed E-state index contributed by atoms with van der Waals surface area (Å²) in [5, 5.41) is 1.37. The van der Waals surface area contributed by atoms with Crippen LogP contribution >= 0.6 is 0 Å². The maximum absolute atomic E-state index is 12.8. The number of hydrogen-bond acceptors (Lipinski definition) is 7. The molecule has 1 aromatic heterocycles. The zero-order valence-electron chi connectivity index (χ0n) is 18.7. The number of methoxy groups -OCH3 is 4. The van der Waals surface area contributed by atoms with Crippen LogP contribution in [0.4, 0.5) is 0 Å². The van der Waals surface area contributed by atoms with E-state index < -0.39 is 5.97 Å². The van der Waals surface area contributed by atoms with Crippen molar-refractivity contribution in [2.45, 2.75) is 0 Å². The molecular formula is C26H23NO6. The topological polar surface area (TPSA) is 76.1 Å². The van der Waals surface area contributed by atoms with Crippen LogP contribution in [0.2, 0.25) is 0 Å². The maximum Gasteiger partial charge on any atom is 0.343 e. The molecule has 7 nitrogen and oxygen atoms in total. The van der Waals surface area contributed by atoms with Crippen LogP contribution in [0.25, 0.3) is 21.9 Å². The highest BCUT2D eigenvalue weighted by Crippen LogP contribution is 2.45. The number of benzene rings is 3. The molecule has 3 aromatic carbocycles. The molecule has 0 fully saturated rings. The van der Waals surface area contributed by atoms with E-state index in [1.54, 1.807) is 71.0 Å². The minimum atomic E-state index is -0.463. The quantitative estimate of drug-likeness (QED) is 0.287. The fourth-order valence-electron chi connectivity index (χ4n) is 3.68. The summed E-state index contributed by atoms with van der Waals surface area (Å²) in [6, 6.07) is 17.9. The highest BCUT2D eigenvalue weighted by atomic mass is 16.5. The summed E-state index contributed by atoms with van der Waals surface area (Å²) >= 11 is 0. The van der Waals surface area contributed by atoms with Crippen molar-refractivity contribution >= 4 is 16.7 Å². The highest BCUT2D eigenvalue weighted by molar-refractivity contribution is 6.05. The number of aromatic nitrogens is 1. The first-order chi connectivity index (χ1) is 16.1. The van der Waals surface area contributed by atoms with Crippen molar-refractivity contribution in [3.63, 3.8) is 0 Å². The number of rotatable bonds is 7. The fourth-order valence-corrected chi connectivity index (χ4v) is 3.68. The fraction of sp³-hybridized carbons (Fsp3) is 0.154. The van der Waals surface area contributed by atoms with Gasteiger partial charge in [0, 0.05) is 22.5 Å². The van der Waals surface area contributed by atoms with E-state index in [1.807, 2.05) is 24.3 Å². The molecule has 0 aliphatic carbocycles. The summed E-state index contributed by atoms with van der Waals surface area (Å²) in [6.07, 6.45) is 1.67. The van der Waals surface area contributed by atoms with E-state index in [-0.39, 0.29) is 0 Å². The Hall–Kier alpha value is -4.26. The zero-order valence-corrected chi connectivity index (χ0v) is 18.7. The lowest BCUT2D eigenvalue weighted by Gasteiger charge is -2.17. The van der Waals surface area contributed by atoms with Crippen molar-refractivity contribution in [2.24, 2.45) is 0 Å². The molecule has 0 N–H and O–H groups in total. The predicted octanol–water partition coefficient (Wildman–Crippen LogP) is 5.16. The summed E-state index contributed by atoms with van der Waals surface area (Å²) in [6.45, 7) is 0. The van der Waals surface area contributed by atoms with Crippen LogP contribution in [0.15, 0.2) is 66.9 Å². The van der Waals surface area contributed by atoms with Crippen molar-refractivity contribution in [3.05, 3.63) is 72.4 Å². The van der Waals surface area contributed by atoms with Crippen LogP contribution in [-0.2, 0) is 0 Å². The van der Waals surface area contributed by atoms with Crippen LogP contribution in [0.5, 0.6) is 28.9 Å². The van der Waals surface area contributed by atoms with E-state index >= 15 is 0 Å². The monoisotopic (exact) mass is 445 g/mol. The minimum absolute atomic E-state index is 0.380. The van der Waals surface area contributed by atoms with Crippen LogP contribution in [0, 0.1) is 0 Å². The Morgan fingerprint density at radius 2 is 1.45 bits per heavy atom. The third-order valence-electron chi connectivity index (χ3n) is 5.22. The largest absolute Gasteiger partial charge is 0.493 e. The van der Waals surface area contributed by atoms with Gasteiger partial charge in [-0.1, -0.05) is 24.3 Å². The van der Waals surface area contributed by atoms with Gasteiger partial charge in [-0.25, -0.2) is 9.78 Å². The summed E-state index contributed by atoms with van der Waals surface area (Å²) in [4.78, 5) is 17.3. The minimum Gasteiger partial charge on any atom is -0.493 e. The van der Waals surface area contributed by atoms with Crippen LogP contribution in [-0.4, -0.2) is 39.4 Å². The molecule has 0 atom stereocenters. The number of esters is 1. The van der Waals surface area contributed by atoms with Crippen molar-refractivity contribution in [1.29, 1.82) is 0 Å². The van der Waals surface area contributed by atoms with Gasteiger partial charge in [0.25, 0.3) is 0 Å². The van der Waals surface area contributed by atoms with Gasteiger partial charge in [-0.2, -0.15) is 0 Å². The average molecular weight is 445 g/mol. The Labute approximate surface area is 191 Å². The predicted molar refractivity (Wildman–Crippen MR) is 125 cm³/mol. The van der Waals surface area contributed by atoms with Gasteiger partial charge in [0.05, 0.1) is 34.0 Å². The first-order valence-electron chi connectivity index (χ1n) is 10.1. The second kappa shape index (κ2) is 9.48. The number of nitrogens with zero attached hydrogens (tertiary/aromatic N) is 1. The Morgan fingerprint density at radius 3 is 2.06 bits per heavy atom. The Bertz CT molecular complexity index is 1280. The lowest BCUT2D eigenvalue weighted by atomic mass is 9.99. The SMILES string of the molecule is COc1cc(-c2cnc(OC)c3cccc(OC(=O)c4ccccc4)c23)cc(OC)c1OC. The number of ether oxygens (including phenoxy) is 5. The summed E-state index contributed by atoms with van der Waals surface area (Å²) < 4.78 is 27.8. The van der Waals surface area contributed by atoms with Crippen molar-refractivity contribution < 1.29 is 28.5 Å². The number of carbonyl (C=O) groups excluding carboxylic acids is 1. The van der Waals surface area contributed by atoms with E-state index in [4.69, 9.17) is 23.7 Å². The second-order valence-electron chi connectivity index (χ2n) is 7.03. The molecule has 0 amide bonds. The normalized spacial score (nSPS) is 10.5. The number of fused-ring (bicyclic) bond motifs is 1. The average Bonchev–Trinajstić information content (AvgIpc) is 2.87. The van der Waals surface area contributed by atoms with E-state index in [0.29, 0.717) is 50.8 Å². The van der Waals surface area contributed by atoms with Gasteiger partial charge in [-0.3, -0.25) is 0 Å². The molecule has 168 valence electrons. The molecule has 4 aromatic rings. The van der Waals surface area contributed by atoms with Crippen molar-refractivity contribution in [3.8, 4) is 40.0 Å². The lowest BCUT2D eigenvalue weighted by molar-refractivity contribution is 0.0737. The zero-order chi connectivity index (χ0) is 23.4. The van der Waals surface area contributed by atoms with E-state index in [9.17, 15) is 4.79 Å². The van der Waals surface area contributed by atoms with Crippen LogP contribution in [0.1, 0.15) is 10.4 Å². The molecule has 0 spiro atoms. The number of hydrogen-bond donors (Lipinski definition) is 0. The van der Waals surface area contributed by atoms with E-state index in [0.717, 1.165) is 5.56 Å². The molecule has 0 saturated heterocycles. The van der Waals surface area contributed by atoms with Gasteiger partial charge in [0.1, 0.15) is 5.75 Å². The molecule has 0 unspecified atom stereocenters. The number of carbonyl (C=O) groups is 1. The maximum atomic E-state index is 12.8. The summed E-state index contributed by atoms with van der Waals surface area (Å²) in [7, 11) is 6.20. The molecule has 0 saturated carbocycles. The Balaban J connectivity index is 1.94. The van der Waals surface area contributed by atoms with E-state index in [1.165, 1.54) is 0 Å². The molecule has 33 heavy (non-hydrogen) atoms. The summed E-state index contributed by atoms with van der Waals surface area (Å²) in [5.41, 5.74) is 1.90. The van der Waals surface area contributed by atoms with Gasteiger partial charge in [-0.15, -0.1) is 0 Å². The first-order valence-corrected chi connectivity index (χ1v) is 10.1. The van der Waals surface area contributed by atoms with Crippen LogP contribution in [0.3, 0.4) is 0 Å². The molecule has 0 radical (unpaired) electrons. The molecule has 0 bridgehead atoms. The Morgan fingerprint density at radius 1 is 0.758 bits per heavy atom. The van der Waals surface area contributed by atoms with Gasteiger partial charge >= 0.3 is 5.97 Å².